The molecule has 0 saturated heterocycles. The second-order valence-corrected chi connectivity index (χ2v) is 13.0. The van der Waals surface area contributed by atoms with Gasteiger partial charge in [-0.3, -0.25) is 0 Å². The molecule has 10 nitrogen and oxygen atoms in total. The molecule has 5 aromatic carbocycles. The summed E-state index contributed by atoms with van der Waals surface area (Å²) in [4.78, 5) is 3.06. The molecule has 4 N–H and O–H groups in total. The number of nitrogens with zero attached hydrogens (tertiary/aromatic N) is 6. The number of phenolic OH excluding ortho intramolecular Hbond substituents is 2. The third kappa shape index (κ3) is 6.82. The van der Waals surface area contributed by atoms with Gasteiger partial charge in [0.25, 0.3) is 0 Å². The maximum Gasteiger partial charge on any atom is 0.146 e. The molecule has 7 aromatic rings. The zero-order valence-electron chi connectivity index (χ0n) is 28.9. The summed E-state index contributed by atoms with van der Waals surface area (Å²) >= 11 is 0. The topological polar surface area (TPSA) is 126 Å². The van der Waals surface area contributed by atoms with Gasteiger partial charge in [-0.2, -0.15) is 0 Å². The first-order chi connectivity index (χ1) is 24.3. The standard InChI is InChI=1S/C40H42N8O2/c1-5-7-9-27-19-25(3)21-37(39(27)49)47-43-33-17-15-31(23-35(33)45-47)41-29-11-13-30(14-12-29)42-32-16-18-34-36(24-32)46-48(44-34)38-22-26(4)20-28(40(38)50)10-8-6-2/h11-24,41-42,49-50H,5-10H2,1-4H3. The van der Waals surface area contributed by atoms with E-state index in [9.17, 15) is 10.2 Å². The van der Waals surface area contributed by atoms with Crippen molar-refractivity contribution in [1.29, 1.82) is 0 Å². The lowest BCUT2D eigenvalue weighted by Crippen LogP contribution is -2.02. The van der Waals surface area contributed by atoms with Crippen LogP contribution in [0.5, 0.6) is 11.5 Å². The fourth-order valence-corrected chi connectivity index (χ4v) is 6.26. The van der Waals surface area contributed by atoms with Gasteiger partial charge in [0.1, 0.15) is 44.9 Å². The highest BCUT2D eigenvalue weighted by Crippen LogP contribution is 2.32. The fourth-order valence-electron chi connectivity index (χ4n) is 6.26. The van der Waals surface area contributed by atoms with E-state index >= 15 is 0 Å². The Morgan fingerprint density at radius 3 is 1.28 bits per heavy atom. The van der Waals surface area contributed by atoms with Gasteiger partial charge in [-0.1, -0.05) is 38.8 Å². The monoisotopic (exact) mass is 666 g/mol. The summed E-state index contributed by atoms with van der Waals surface area (Å²) in [5.41, 5.74) is 11.7. The maximum atomic E-state index is 11.0. The van der Waals surface area contributed by atoms with E-state index < -0.39 is 0 Å². The predicted octanol–water partition coefficient (Wildman–Crippen LogP) is 9.35. The average Bonchev–Trinajstić information content (AvgIpc) is 3.73. The van der Waals surface area contributed by atoms with Crippen molar-refractivity contribution in [3.05, 3.63) is 107 Å². The molecule has 254 valence electrons. The lowest BCUT2D eigenvalue weighted by molar-refractivity contribution is 0.459. The number of hydrogen-bond donors (Lipinski definition) is 4. The minimum absolute atomic E-state index is 0.237. The number of nitrogens with one attached hydrogen (secondary N) is 2. The Labute approximate surface area is 291 Å². The van der Waals surface area contributed by atoms with Gasteiger partial charge in [-0.15, -0.1) is 30.0 Å². The Kier molecular flexibility index (Phi) is 9.08. The number of unbranched alkanes of at least 4 members (excludes halogenated alkanes) is 2. The molecule has 0 bridgehead atoms. The number of rotatable bonds is 12. The van der Waals surface area contributed by atoms with Gasteiger partial charge in [0, 0.05) is 22.7 Å². The van der Waals surface area contributed by atoms with E-state index in [0.717, 1.165) is 106 Å². The summed E-state index contributed by atoms with van der Waals surface area (Å²) in [6, 6.07) is 27.7. The summed E-state index contributed by atoms with van der Waals surface area (Å²) in [5.74, 6) is 0.475. The average molecular weight is 667 g/mol. The highest BCUT2D eigenvalue weighted by atomic mass is 16.3. The molecule has 0 radical (unpaired) electrons. The van der Waals surface area contributed by atoms with Gasteiger partial charge in [0.2, 0.25) is 0 Å². The van der Waals surface area contributed by atoms with E-state index in [1.807, 2.05) is 98.8 Å². The minimum atomic E-state index is 0.237. The van der Waals surface area contributed by atoms with E-state index in [1.54, 1.807) is 0 Å². The van der Waals surface area contributed by atoms with E-state index in [1.165, 1.54) is 9.59 Å². The zero-order valence-corrected chi connectivity index (χ0v) is 28.9. The second kappa shape index (κ2) is 13.9. The third-order valence-electron chi connectivity index (χ3n) is 8.88. The Bertz CT molecular complexity index is 2140. The van der Waals surface area contributed by atoms with Gasteiger partial charge in [0.15, 0.2) is 0 Å². The molecule has 0 aliphatic rings. The molecule has 0 unspecified atom stereocenters. The fraction of sp³-hybridized carbons (Fsp3) is 0.250. The molecular weight excluding hydrogens is 624 g/mol. The van der Waals surface area contributed by atoms with E-state index in [0.29, 0.717) is 11.4 Å². The van der Waals surface area contributed by atoms with E-state index in [2.05, 4.69) is 34.7 Å². The van der Waals surface area contributed by atoms with Crippen LogP contribution in [0.3, 0.4) is 0 Å². The van der Waals surface area contributed by atoms with E-state index in [-0.39, 0.29) is 11.5 Å². The molecule has 2 aromatic heterocycles. The van der Waals surface area contributed by atoms with Crippen molar-refractivity contribution in [3.8, 4) is 22.9 Å². The van der Waals surface area contributed by atoms with Crippen LogP contribution in [-0.2, 0) is 12.8 Å². The summed E-state index contributed by atoms with van der Waals surface area (Å²) in [6.07, 6.45) is 5.78. The van der Waals surface area contributed by atoms with Crippen LogP contribution in [0.1, 0.15) is 61.8 Å². The van der Waals surface area contributed by atoms with Crippen molar-refractivity contribution >= 4 is 44.8 Å². The summed E-state index contributed by atoms with van der Waals surface area (Å²) in [5, 5.41) is 47.6. The van der Waals surface area contributed by atoms with Gasteiger partial charge < -0.3 is 20.8 Å². The number of aryl methyl sites for hydroxylation is 4. The predicted molar refractivity (Wildman–Crippen MR) is 201 cm³/mol. The van der Waals surface area contributed by atoms with Crippen LogP contribution in [0.15, 0.2) is 84.9 Å². The first kappa shape index (κ1) is 32.6. The zero-order chi connectivity index (χ0) is 34.8. The van der Waals surface area contributed by atoms with Gasteiger partial charge >= 0.3 is 0 Å². The molecule has 0 aliphatic heterocycles. The Hall–Kier alpha value is -5.90. The Balaban J connectivity index is 1.05. The smallest absolute Gasteiger partial charge is 0.146 e. The first-order valence-electron chi connectivity index (χ1n) is 17.3. The first-order valence-corrected chi connectivity index (χ1v) is 17.3. The van der Waals surface area contributed by atoms with Gasteiger partial charge in [-0.25, -0.2) is 0 Å². The molecule has 0 spiro atoms. The second-order valence-electron chi connectivity index (χ2n) is 13.0. The number of hydrogen-bond acceptors (Lipinski definition) is 8. The van der Waals surface area contributed by atoms with Crippen molar-refractivity contribution in [1.82, 2.24) is 30.0 Å². The normalized spacial score (nSPS) is 11.4. The number of aromatic hydroxyl groups is 2. The lowest BCUT2D eigenvalue weighted by atomic mass is 10.0. The number of benzene rings is 5. The van der Waals surface area contributed by atoms with Crippen molar-refractivity contribution < 1.29 is 10.2 Å². The van der Waals surface area contributed by atoms with Crippen molar-refractivity contribution in [2.45, 2.75) is 66.2 Å². The van der Waals surface area contributed by atoms with Crippen LogP contribution in [-0.4, -0.2) is 40.2 Å². The SMILES string of the molecule is CCCCc1cc(C)cc(-n2nc3ccc(Nc4ccc(Nc5ccc6nn(-c7cc(C)cc(CCCC)c7O)nc6c5)cc4)cc3n2)c1O. The summed E-state index contributed by atoms with van der Waals surface area (Å²) in [6.45, 7) is 8.34. The number of phenols is 2. The van der Waals surface area contributed by atoms with Crippen molar-refractivity contribution in [2.24, 2.45) is 0 Å². The Morgan fingerprint density at radius 2 is 0.880 bits per heavy atom. The minimum Gasteiger partial charge on any atom is -0.505 e. The van der Waals surface area contributed by atoms with Crippen LogP contribution in [0.25, 0.3) is 33.4 Å². The van der Waals surface area contributed by atoms with Crippen molar-refractivity contribution in [3.63, 3.8) is 0 Å². The molecule has 2 heterocycles. The van der Waals surface area contributed by atoms with Gasteiger partial charge in [-0.05, 0) is 135 Å². The van der Waals surface area contributed by atoms with Crippen LogP contribution in [0, 0.1) is 13.8 Å². The van der Waals surface area contributed by atoms with Crippen LogP contribution in [0.2, 0.25) is 0 Å². The van der Waals surface area contributed by atoms with Crippen LogP contribution < -0.4 is 10.6 Å². The van der Waals surface area contributed by atoms with Crippen molar-refractivity contribution in [2.75, 3.05) is 10.6 Å². The molecule has 50 heavy (non-hydrogen) atoms. The quantitative estimate of drug-likeness (QED) is 0.102. The van der Waals surface area contributed by atoms with E-state index in [4.69, 9.17) is 10.2 Å². The molecule has 0 fully saturated rings. The molecule has 0 amide bonds. The molecule has 10 heteroatoms. The highest BCUT2D eigenvalue weighted by Gasteiger charge is 2.16. The number of anilines is 4. The molecule has 7 rings (SSSR count). The summed E-state index contributed by atoms with van der Waals surface area (Å²) in [7, 11) is 0. The number of fused-ring (bicyclic) bond motifs is 2. The number of aromatic nitrogens is 6. The highest BCUT2D eigenvalue weighted by molar-refractivity contribution is 5.82. The lowest BCUT2D eigenvalue weighted by Gasteiger charge is -2.10. The molecular formula is C40H42N8O2. The molecule has 0 aliphatic carbocycles. The maximum absolute atomic E-state index is 11.0. The van der Waals surface area contributed by atoms with Gasteiger partial charge in [0.05, 0.1) is 0 Å². The third-order valence-corrected chi connectivity index (χ3v) is 8.88. The Morgan fingerprint density at radius 1 is 0.500 bits per heavy atom. The summed E-state index contributed by atoms with van der Waals surface area (Å²) < 4.78 is 0. The largest absolute Gasteiger partial charge is 0.505 e. The van der Waals surface area contributed by atoms with Crippen LogP contribution in [0.4, 0.5) is 22.7 Å². The molecule has 0 saturated carbocycles. The van der Waals surface area contributed by atoms with Crippen LogP contribution >= 0.6 is 0 Å². The molecule has 0 atom stereocenters.